The zero-order valence-electron chi connectivity index (χ0n) is 10.3. The first-order chi connectivity index (χ1) is 7.05. The lowest BCUT2D eigenvalue weighted by Crippen LogP contribution is -2.25. The van der Waals surface area contributed by atoms with Gasteiger partial charge in [0.15, 0.2) is 9.76 Å². The van der Waals surface area contributed by atoms with Crippen LogP contribution in [0.3, 0.4) is 0 Å². The van der Waals surface area contributed by atoms with Gasteiger partial charge < -0.3 is 4.43 Å². The van der Waals surface area contributed by atoms with Crippen molar-refractivity contribution in [2.45, 2.75) is 33.2 Å². The van der Waals surface area contributed by atoms with Crippen molar-refractivity contribution < 1.29 is 4.43 Å². The molecule has 0 aliphatic carbocycles. The molecular formula is C13H22OSi. The average molecular weight is 222 g/mol. The molecule has 0 fully saturated rings. The minimum atomic E-state index is -0.477. The lowest BCUT2D eigenvalue weighted by atomic mass is 9.87. The SMILES string of the molecule is CCO[SiH2]C(c1ccccc1)C(C)(C)C. The molecule has 0 aliphatic rings. The van der Waals surface area contributed by atoms with Crippen LogP contribution in [0.4, 0.5) is 0 Å². The van der Waals surface area contributed by atoms with Crippen molar-refractivity contribution in [1.82, 2.24) is 0 Å². The third-order valence-electron chi connectivity index (χ3n) is 2.74. The third kappa shape index (κ3) is 3.80. The highest BCUT2D eigenvalue weighted by molar-refractivity contribution is 6.30. The third-order valence-corrected chi connectivity index (χ3v) is 5.41. The number of hydrogen-bond donors (Lipinski definition) is 0. The molecule has 0 spiro atoms. The number of hydrogen-bond acceptors (Lipinski definition) is 1. The maximum atomic E-state index is 5.72. The molecule has 0 N–H and O–H groups in total. The maximum Gasteiger partial charge on any atom is 0.169 e. The summed E-state index contributed by atoms with van der Waals surface area (Å²) in [6.07, 6.45) is 0. The highest BCUT2D eigenvalue weighted by Crippen LogP contribution is 2.33. The maximum absolute atomic E-state index is 5.72. The van der Waals surface area contributed by atoms with Crippen molar-refractivity contribution >= 4 is 9.76 Å². The largest absolute Gasteiger partial charge is 0.424 e. The standard InChI is InChI=1S/C13H22OSi/c1-5-14-15-12(13(2,3)4)11-9-7-6-8-10-11/h6-10,12H,5,15H2,1-4H3. The minimum Gasteiger partial charge on any atom is -0.424 e. The Labute approximate surface area is 95.8 Å². The lowest BCUT2D eigenvalue weighted by Gasteiger charge is -2.30. The molecule has 0 aliphatic heterocycles. The first-order valence-electron chi connectivity index (χ1n) is 5.68. The van der Waals surface area contributed by atoms with Crippen LogP contribution in [0.15, 0.2) is 30.3 Å². The number of benzene rings is 1. The van der Waals surface area contributed by atoms with Crippen LogP contribution >= 0.6 is 0 Å². The summed E-state index contributed by atoms with van der Waals surface area (Å²) in [5.74, 6) is 0. The molecule has 1 aromatic carbocycles. The molecule has 0 saturated carbocycles. The predicted octanol–water partition coefficient (Wildman–Crippen LogP) is 2.89. The lowest BCUT2D eigenvalue weighted by molar-refractivity contribution is 0.312. The van der Waals surface area contributed by atoms with Gasteiger partial charge in [-0.25, -0.2) is 0 Å². The van der Waals surface area contributed by atoms with E-state index in [-0.39, 0.29) is 0 Å². The molecule has 1 nitrogen and oxygen atoms in total. The van der Waals surface area contributed by atoms with E-state index in [0.717, 1.165) is 6.61 Å². The Hall–Kier alpha value is -0.603. The summed E-state index contributed by atoms with van der Waals surface area (Å²) in [5.41, 5.74) is 2.35. The van der Waals surface area contributed by atoms with Gasteiger partial charge in [0.25, 0.3) is 0 Å². The van der Waals surface area contributed by atoms with Gasteiger partial charge in [-0.1, -0.05) is 51.1 Å². The molecule has 0 aromatic heterocycles. The Balaban J connectivity index is 2.82. The fourth-order valence-corrected chi connectivity index (χ4v) is 3.20. The summed E-state index contributed by atoms with van der Waals surface area (Å²) < 4.78 is 5.72. The van der Waals surface area contributed by atoms with Crippen LogP contribution in [0, 0.1) is 5.41 Å². The van der Waals surface area contributed by atoms with Crippen molar-refractivity contribution in [3.8, 4) is 0 Å². The fourth-order valence-electron chi connectivity index (χ4n) is 1.77. The average Bonchev–Trinajstić information content (AvgIpc) is 2.18. The Morgan fingerprint density at radius 3 is 2.27 bits per heavy atom. The molecular weight excluding hydrogens is 200 g/mol. The van der Waals surface area contributed by atoms with Crippen LogP contribution in [-0.2, 0) is 4.43 Å². The fraction of sp³-hybridized carbons (Fsp3) is 0.538. The van der Waals surface area contributed by atoms with E-state index in [9.17, 15) is 0 Å². The molecule has 0 heterocycles. The van der Waals surface area contributed by atoms with Crippen LogP contribution in [0.1, 0.15) is 38.8 Å². The van der Waals surface area contributed by atoms with Gasteiger partial charge >= 0.3 is 0 Å². The summed E-state index contributed by atoms with van der Waals surface area (Å²) in [4.78, 5) is 0. The smallest absolute Gasteiger partial charge is 0.169 e. The second kappa shape index (κ2) is 5.47. The molecule has 0 amide bonds. The van der Waals surface area contributed by atoms with Gasteiger partial charge in [0.2, 0.25) is 0 Å². The van der Waals surface area contributed by atoms with Crippen molar-refractivity contribution in [2.75, 3.05) is 6.61 Å². The van der Waals surface area contributed by atoms with Crippen molar-refractivity contribution in [3.05, 3.63) is 35.9 Å². The first-order valence-corrected chi connectivity index (χ1v) is 7.07. The minimum absolute atomic E-state index is 0.308. The molecule has 15 heavy (non-hydrogen) atoms. The van der Waals surface area contributed by atoms with E-state index in [4.69, 9.17) is 4.43 Å². The summed E-state index contributed by atoms with van der Waals surface area (Å²) in [5, 5.41) is 0. The van der Waals surface area contributed by atoms with Crippen molar-refractivity contribution in [3.63, 3.8) is 0 Å². The van der Waals surface area contributed by atoms with Crippen LogP contribution < -0.4 is 0 Å². The van der Waals surface area contributed by atoms with Crippen molar-refractivity contribution in [1.29, 1.82) is 0 Å². The number of rotatable bonds is 4. The van der Waals surface area contributed by atoms with Crippen molar-refractivity contribution in [2.24, 2.45) is 5.41 Å². The first kappa shape index (κ1) is 12.5. The normalized spacial score (nSPS) is 14.7. The van der Waals surface area contributed by atoms with Crippen LogP contribution in [0.5, 0.6) is 0 Å². The van der Waals surface area contributed by atoms with Gasteiger partial charge in [-0.2, -0.15) is 0 Å². The molecule has 1 aromatic rings. The van der Waals surface area contributed by atoms with E-state index in [1.165, 1.54) is 5.56 Å². The zero-order chi connectivity index (χ0) is 11.3. The molecule has 84 valence electrons. The Bertz CT molecular complexity index is 276. The molecule has 1 atom stereocenters. The topological polar surface area (TPSA) is 9.23 Å². The van der Waals surface area contributed by atoms with Crippen LogP contribution in [0.25, 0.3) is 0 Å². The second-order valence-electron chi connectivity index (χ2n) is 4.99. The van der Waals surface area contributed by atoms with Gasteiger partial charge in [-0.15, -0.1) is 0 Å². The van der Waals surface area contributed by atoms with Gasteiger partial charge in [-0.05, 0) is 17.9 Å². The van der Waals surface area contributed by atoms with E-state index in [0.29, 0.717) is 11.0 Å². The van der Waals surface area contributed by atoms with E-state index in [2.05, 4.69) is 58.0 Å². The highest BCUT2D eigenvalue weighted by atomic mass is 28.2. The van der Waals surface area contributed by atoms with E-state index in [1.54, 1.807) is 0 Å². The summed E-state index contributed by atoms with van der Waals surface area (Å²) >= 11 is 0. The van der Waals surface area contributed by atoms with Crippen LogP contribution in [-0.4, -0.2) is 16.4 Å². The molecule has 0 saturated heterocycles. The summed E-state index contributed by atoms with van der Waals surface area (Å²) in [6.45, 7) is 9.84. The van der Waals surface area contributed by atoms with Gasteiger partial charge in [0.05, 0.1) is 0 Å². The molecule has 0 bridgehead atoms. The van der Waals surface area contributed by atoms with E-state index in [1.807, 2.05) is 0 Å². The predicted molar refractivity (Wildman–Crippen MR) is 68.8 cm³/mol. The quantitative estimate of drug-likeness (QED) is 0.712. The monoisotopic (exact) mass is 222 g/mol. The van der Waals surface area contributed by atoms with E-state index < -0.39 is 9.76 Å². The van der Waals surface area contributed by atoms with E-state index >= 15 is 0 Å². The zero-order valence-corrected chi connectivity index (χ0v) is 11.7. The molecule has 2 heteroatoms. The summed E-state index contributed by atoms with van der Waals surface area (Å²) in [7, 11) is -0.477. The van der Waals surface area contributed by atoms with Gasteiger partial charge in [0.1, 0.15) is 0 Å². The van der Waals surface area contributed by atoms with Gasteiger partial charge in [0, 0.05) is 12.1 Å². The summed E-state index contributed by atoms with van der Waals surface area (Å²) in [6, 6.07) is 10.8. The molecule has 0 radical (unpaired) electrons. The second-order valence-corrected chi connectivity index (χ2v) is 6.55. The van der Waals surface area contributed by atoms with Gasteiger partial charge in [-0.3, -0.25) is 0 Å². The Morgan fingerprint density at radius 2 is 1.80 bits per heavy atom. The Morgan fingerprint density at radius 1 is 1.20 bits per heavy atom. The highest BCUT2D eigenvalue weighted by Gasteiger charge is 2.26. The Kier molecular flexibility index (Phi) is 4.55. The molecule has 1 rings (SSSR count). The molecule has 1 unspecified atom stereocenters. The van der Waals surface area contributed by atoms with Crippen LogP contribution in [0.2, 0.25) is 0 Å².